The SMILES string of the molecule is CCCNC(c1ccc(F)c(F)c1)c1cnnn1C. The van der Waals surface area contributed by atoms with Crippen molar-refractivity contribution in [2.24, 2.45) is 7.05 Å². The van der Waals surface area contributed by atoms with E-state index in [2.05, 4.69) is 15.6 Å². The molecule has 0 aliphatic rings. The van der Waals surface area contributed by atoms with Crippen molar-refractivity contribution in [3.05, 3.63) is 47.3 Å². The van der Waals surface area contributed by atoms with E-state index in [4.69, 9.17) is 0 Å². The molecule has 6 heteroatoms. The number of nitrogens with one attached hydrogen (secondary N) is 1. The average Bonchev–Trinajstić information content (AvgIpc) is 2.80. The lowest BCUT2D eigenvalue weighted by Crippen LogP contribution is -2.25. The minimum Gasteiger partial charge on any atom is -0.305 e. The van der Waals surface area contributed by atoms with E-state index in [9.17, 15) is 8.78 Å². The maximum atomic E-state index is 13.4. The van der Waals surface area contributed by atoms with Gasteiger partial charge in [0.2, 0.25) is 0 Å². The zero-order chi connectivity index (χ0) is 13.8. The van der Waals surface area contributed by atoms with Crippen LogP contribution in [0.4, 0.5) is 8.78 Å². The molecule has 1 heterocycles. The van der Waals surface area contributed by atoms with E-state index >= 15 is 0 Å². The smallest absolute Gasteiger partial charge is 0.159 e. The predicted octanol–water partition coefficient (Wildman–Crippen LogP) is 2.18. The Labute approximate surface area is 110 Å². The molecule has 1 N–H and O–H groups in total. The summed E-state index contributed by atoms with van der Waals surface area (Å²) < 4.78 is 28.0. The van der Waals surface area contributed by atoms with Gasteiger partial charge in [-0.1, -0.05) is 18.2 Å². The lowest BCUT2D eigenvalue weighted by Gasteiger charge is -2.18. The standard InChI is InChI=1S/C13H16F2N4/c1-3-6-16-13(12-8-17-18-19(12)2)9-4-5-10(14)11(15)7-9/h4-5,7-8,13,16H,3,6H2,1-2H3. The Morgan fingerprint density at radius 3 is 2.68 bits per heavy atom. The van der Waals surface area contributed by atoms with Crippen LogP contribution in [0.25, 0.3) is 0 Å². The second-order valence-corrected chi connectivity index (χ2v) is 4.34. The van der Waals surface area contributed by atoms with E-state index < -0.39 is 11.6 Å². The third-order valence-electron chi connectivity index (χ3n) is 2.92. The Balaban J connectivity index is 2.37. The molecule has 0 bridgehead atoms. The summed E-state index contributed by atoms with van der Waals surface area (Å²) >= 11 is 0. The molecule has 1 aromatic carbocycles. The van der Waals surface area contributed by atoms with Crippen molar-refractivity contribution in [1.29, 1.82) is 0 Å². The summed E-state index contributed by atoms with van der Waals surface area (Å²) in [7, 11) is 1.77. The minimum absolute atomic E-state index is 0.255. The van der Waals surface area contributed by atoms with E-state index in [1.54, 1.807) is 24.0 Å². The van der Waals surface area contributed by atoms with Crippen LogP contribution in [-0.4, -0.2) is 21.5 Å². The number of aromatic nitrogens is 3. The molecule has 0 amide bonds. The van der Waals surface area contributed by atoms with Gasteiger partial charge in [-0.3, -0.25) is 4.68 Å². The van der Waals surface area contributed by atoms with E-state index in [1.165, 1.54) is 6.07 Å². The number of hydrogen-bond donors (Lipinski definition) is 1. The molecule has 1 aromatic heterocycles. The molecule has 2 rings (SSSR count). The summed E-state index contributed by atoms with van der Waals surface area (Å²) in [5, 5.41) is 11.0. The Morgan fingerprint density at radius 2 is 2.11 bits per heavy atom. The van der Waals surface area contributed by atoms with Crippen LogP contribution in [0.1, 0.15) is 30.6 Å². The first-order valence-electron chi connectivity index (χ1n) is 6.16. The Kier molecular flexibility index (Phi) is 4.21. The first kappa shape index (κ1) is 13.6. The maximum Gasteiger partial charge on any atom is 0.159 e. The van der Waals surface area contributed by atoms with Crippen LogP contribution in [0.3, 0.4) is 0 Å². The Bertz CT molecular complexity index is 553. The Hall–Kier alpha value is -1.82. The highest BCUT2D eigenvalue weighted by molar-refractivity contribution is 5.27. The summed E-state index contributed by atoms with van der Waals surface area (Å²) in [6.45, 7) is 2.80. The molecule has 0 saturated carbocycles. The first-order chi connectivity index (χ1) is 9.13. The molecule has 2 aromatic rings. The second-order valence-electron chi connectivity index (χ2n) is 4.34. The van der Waals surface area contributed by atoms with Crippen LogP contribution in [0.15, 0.2) is 24.4 Å². The molecule has 0 spiro atoms. The van der Waals surface area contributed by atoms with E-state index in [1.807, 2.05) is 6.92 Å². The molecule has 102 valence electrons. The molecular weight excluding hydrogens is 250 g/mol. The van der Waals surface area contributed by atoms with Gasteiger partial charge in [-0.2, -0.15) is 0 Å². The van der Waals surface area contributed by atoms with Gasteiger partial charge in [-0.05, 0) is 30.7 Å². The highest BCUT2D eigenvalue weighted by Gasteiger charge is 2.18. The van der Waals surface area contributed by atoms with Gasteiger partial charge in [-0.15, -0.1) is 5.10 Å². The maximum absolute atomic E-state index is 13.4. The lowest BCUT2D eigenvalue weighted by molar-refractivity contribution is 0.499. The molecule has 0 fully saturated rings. The molecule has 1 atom stereocenters. The van der Waals surface area contributed by atoms with Gasteiger partial charge < -0.3 is 5.32 Å². The van der Waals surface area contributed by atoms with Crippen LogP contribution in [-0.2, 0) is 7.05 Å². The van der Waals surface area contributed by atoms with Crippen molar-refractivity contribution in [3.63, 3.8) is 0 Å². The summed E-state index contributed by atoms with van der Waals surface area (Å²) in [6.07, 6.45) is 2.56. The van der Waals surface area contributed by atoms with Gasteiger partial charge in [0, 0.05) is 7.05 Å². The van der Waals surface area contributed by atoms with Gasteiger partial charge in [0.1, 0.15) is 0 Å². The number of nitrogens with zero attached hydrogens (tertiary/aromatic N) is 3. The highest BCUT2D eigenvalue weighted by Crippen LogP contribution is 2.22. The van der Waals surface area contributed by atoms with Crippen molar-refractivity contribution in [2.75, 3.05) is 6.54 Å². The normalized spacial score (nSPS) is 12.6. The molecule has 0 aliphatic carbocycles. The van der Waals surface area contributed by atoms with E-state index in [0.717, 1.165) is 24.7 Å². The predicted molar refractivity (Wildman–Crippen MR) is 67.5 cm³/mol. The largest absolute Gasteiger partial charge is 0.305 e. The zero-order valence-corrected chi connectivity index (χ0v) is 10.9. The summed E-state index contributed by atoms with van der Waals surface area (Å²) in [5.74, 6) is -1.70. The van der Waals surface area contributed by atoms with Crippen molar-refractivity contribution in [2.45, 2.75) is 19.4 Å². The number of benzene rings is 1. The van der Waals surface area contributed by atoms with Crippen molar-refractivity contribution < 1.29 is 8.78 Å². The van der Waals surface area contributed by atoms with Gasteiger partial charge in [0.15, 0.2) is 11.6 Å². The first-order valence-corrected chi connectivity index (χ1v) is 6.16. The average molecular weight is 266 g/mol. The molecule has 19 heavy (non-hydrogen) atoms. The molecule has 0 radical (unpaired) electrons. The van der Waals surface area contributed by atoms with Gasteiger partial charge >= 0.3 is 0 Å². The van der Waals surface area contributed by atoms with Crippen LogP contribution < -0.4 is 5.32 Å². The Morgan fingerprint density at radius 1 is 1.32 bits per heavy atom. The van der Waals surface area contributed by atoms with Crippen LogP contribution >= 0.6 is 0 Å². The summed E-state index contributed by atoms with van der Waals surface area (Å²) in [4.78, 5) is 0. The monoisotopic (exact) mass is 266 g/mol. The van der Waals surface area contributed by atoms with Gasteiger partial charge in [-0.25, -0.2) is 8.78 Å². The number of rotatable bonds is 5. The third-order valence-corrected chi connectivity index (χ3v) is 2.92. The fraction of sp³-hybridized carbons (Fsp3) is 0.385. The van der Waals surface area contributed by atoms with Crippen LogP contribution in [0.5, 0.6) is 0 Å². The van der Waals surface area contributed by atoms with Gasteiger partial charge in [0.25, 0.3) is 0 Å². The van der Waals surface area contributed by atoms with Crippen molar-refractivity contribution in [3.8, 4) is 0 Å². The highest BCUT2D eigenvalue weighted by atomic mass is 19.2. The zero-order valence-electron chi connectivity index (χ0n) is 10.9. The van der Waals surface area contributed by atoms with Crippen molar-refractivity contribution >= 4 is 0 Å². The third kappa shape index (κ3) is 2.96. The number of aryl methyl sites for hydroxylation is 1. The molecule has 1 unspecified atom stereocenters. The fourth-order valence-corrected chi connectivity index (χ4v) is 1.93. The van der Waals surface area contributed by atoms with Gasteiger partial charge in [0.05, 0.1) is 17.9 Å². The molecule has 0 saturated heterocycles. The van der Waals surface area contributed by atoms with Crippen LogP contribution in [0, 0.1) is 11.6 Å². The topological polar surface area (TPSA) is 42.7 Å². The van der Waals surface area contributed by atoms with E-state index in [0.29, 0.717) is 5.56 Å². The molecule has 0 aliphatic heterocycles. The quantitative estimate of drug-likeness (QED) is 0.902. The lowest BCUT2D eigenvalue weighted by atomic mass is 10.0. The van der Waals surface area contributed by atoms with E-state index in [-0.39, 0.29) is 6.04 Å². The minimum atomic E-state index is -0.851. The number of hydrogen-bond acceptors (Lipinski definition) is 3. The van der Waals surface area contributed by atoms with Crippen LogP contribution in [0.2, 0.25) is 0 Å². The molecule has 4 nitrogen and oxygen atoms in total. The second kappa shape index (κ2) is 5.88. The number of halogens is 2. The molecular formula is C13H16F2N4. The fourth-order valence-electron chi connectivity index (χ4n) is 1.93. The summed E-state index contributed by atoms with van der Waals surface area (Å²) in [6, 6.07) is 3.65. The summed E-state index contributed by atoms with van der Waals surface area (Å²) in [5.41, 5.74) is 1.46. The van der Waals surface area contributed by atoms with Crippen molar-refractivity contribution in [1.82, 2.24) is 20.3 Å².